The Morgan fingerprint density at radius 2 is 2.28 bits per heavy atom. The average molecular weight is 304 g/mol. The van der Waals surface area contributed by atoms with Crippen molar-refractivity contribution in [1.29, 1.82) is 5.41 Å². The Labute approximate surface area is 118 Å². The highest BCUT2D eigenvalue weighted by Crippen LogP contribution is 2.15. The summed E-state index contributed by atoms with van der Waals surface area (Å²) in [5.41, 5.74) is 5.55. The van der Waals surface area contributed by atoms with Crippen molar-refractivity contribution in [3.05, 3.63) is 39.4 Å². The van der Waals surface area contributed by atoms with E-state index in [0.29, 0.717) is 27.5 Å². The van der Waals surface area contributed by atoms with Crippen LogP contribution in [0.25, 0.3) is 10.9 Å². The number of rotatable bonds is 2. The van der Waals surface area contributed by atoms with Gasteiger partial charge in [0, 0.05) is 5.02 Å². The molecule has 0 aliphatic rings. The van der Waals surface area contributed by atoms with Gasteiger partial charge in [-0.2, -0.15) is 0 Å². The number of amidine groups is 1. The van der Waals surface area contributed by atoms with Crippen LogP contribution in [0.3, 0.4) is 0 Å². The van der Waals surface area contributed by atoms with Gasteiger partial charge < -0.3 is 23.1 Å². The van der Waals surface area contributed by atoms with E-state index < -0.39 is 0 Å². The minimum absolute atomic E-state index is 0. The summed E-state index contributed by atoms with van der Waals surface area (Å²) in [7, 11) is 0. The Morgan fingerprint density at radius 1 is 1.56 bits per heavy atom. The lowest BCUT2D eigenvalue weighted by Gasteiger charge is -2.02. The van der Waals surface area contributed by atoms with Gasteiger partial charge in [-0.15, -0.1) is 0 Å². The lowest BCUT2D eigenvalue weighted by Crippen LogP contribution is -3.00. The second-order valence-corrected chi connectivity index (χ2v) is 4.78. The van der Waals surface area contributed by atoms with Crippen molar-refractivity contribution in [1.82, 2.24) is 9.97 Å². The smallest absolute Gasteiger partial charge is 0.258 e. The normalized spacial score (nSPS) is 10.1. The highest BCUT2D eigenvalue weighted by atomic mass is 35.5. The van der Waals surface area contributed by atoms with Crippen molar-refractivity contribution in [2.24, 2.45) is 5.73 Å². The fourth-order valence-electron chi connectivity index (χ4n) is 1.38. The summed E-state index contributed by atoms with van der Waals surface area (Å²) in [5, 5.41) is 8.10. The van der Waals surface area contributed by atoms with Gasteiger partial charge in [0.15, 0.2) is 5.17 Å². The lowest BCUT2D eigenvalue weighted by molar-refractivity contribution is -0.00000388. The standard InChI is InChI=1S/C10H9ClN4OS.ClH/c11-5-1-2-6-7(3-5)14-8(15-9(6)16)4-17-10(12)13;/h1-3H,4H2,(H3,12,13)(H,14,15,16);1H/p-1. The Kier molecular flexibility index (Phi) is 5.01. The summed E-state index contributed by atoms with van der Waals surface area (Å²) in [6, 6.07) is 4.91. The molecule has 0 bridgehead atoms. The number of benzene rings is 1. The van der Waals surface area contributed by atoms with Crippen LogP contribution in [0.15, 0.2) is 23.0 Å². The highest BCUT2D eigenvalue weighted by molar-refractivity contribution is 8.12. The zero-order chi connectivity index (χ0) is 12.4. The highest BCUT2D eigenvalue weighted by Gasteiger charge is 2.05. The fourth-order valence-corrected chi connectivity index (χ4v) is 1.97. The summed E-state index contributed by atoms with van der Waals surface area (Å²) >= 11 is 6.94. The van der Waals surface area contributed by atoms with Gasteiger partial charge in [0.25, 0.3) is 5.56 Å². The van der Waals surface area contributed by atoms with Crippen molar-refractivity contribution in [3.63, 3.8) is 0 Å². The van der Waals surface area contributed by atoms with Crippen LogP contribution in [-0.2, 0) is 5.75 Å². The molecule has 0 spiro atoms. The van der Waals surface area contributed by atoms with Gasteiger partial charge in [-0.3, -0.25) is 10.2 Å². The van der Waals surface area contributed by atoms with E-state index in [0.717, 1.165) is 11.8 Å². The molecule has 1 heterocycles. The van der Waals surface area contributed by atoms with Crippen LogP contribution >= 0.6 is 23.4 Å². The predicted octanol–water partition coefficient (Wildman–Crippen LogP) is -1.29. The fraction of sp³-hybridized carbons (Fsp3) is 0.100. The van der Waals surface area contributed by atoms with Gasteiger partial charge >= 0.3 is 0 Å². The van der Waals surface area contributed by atoms with Gasteiger partial charge in [-0.1, -0.05) is 23.4 Å². The van der Waals surface area contributed by atoms with Crippen molar-refractivity contribution in [2.45, 2.75) is 5.75 Å². The monoisotopic (exact) mass is 303 g/mol. The number of aromatic nitrogens is 2. The molecule has 8 heteroatoms. The largest absolute Gasteiger partial charge is 1.00 e. The molecule has 0 radical (unpaired) electrons. The Hall–Kier alpha value is -1.24. The molecule has 5 nitrogen and oxygen atoms in total. The zero-order valence-corrected chi connectivity index (χ0v) is 11.4. The van der Waals surface area contributed by atoms with Crippen molar-refractivity contribution in [3.8, 4) is 0 Å². The molecule has 0 aliphatic heterocycles. The van der Waals surface area contributed by atoms with Crippen LogP contribution < -0.4 is 23.7 Å². The second-order valence-electron chi connectivity index (χ2n) is 3.33. The Morgan fingerprint density at radius 3 is 2.94 bits per heavy atom. The molecule has 96 valence electrons. The zero-order valence-electron chi connectivity index (χ0n) is 9.04. The summed E-state index contributed by atoms with van der Waals surface area (Å²) in [5.74, 6) is 0.831. The molecule has 0 aliphatic carbocycles. The van der Waals surface area contributed by atoms with E-state index in [1.165, 1.54) is 0 Å². The molecule has 1 aromatic heterocycles. The third-order valence-electron chi connectivity index (χ3n) is 2.08. The van der Waals surface area contributed by atoms with E-state index in [1.54, 1.807) is 18.2 Å². The van der Waals surface area contributed by atoms with Gasteiger partial charge in [-0.05, 0) is 18.2 Å². The molecule has 2 rings (SSSR count). The number of halogens is 2. The summed E-state index contributed by atoms with van der Waals surface area (Å²) in [6.07, 6.45) is 0. The number of nitrogens with one attached hydrogen (secondary N) is 2. The first kappa shape index (κ1) is 14.8. The number of nitrogens with zero attached hydrogens (tertiary/aromatic N) is 1. The Balaban J connectivity index is 0.00000162. The van der Waals surface area contributed by atoms with E-state index in [1.807, 2.05) is 0 Å². The molecule has 1 aromatic carbocycles. The minimum atomic E-state index is -0.217. The van der Waals surface area contributed by atoms with Crippen LogP contribution in [0.4, 0.5) is 0 Å². The maximum absolute atomic E-state index is 11.7. The third kappa shape index (κ3) is 3.38. The maximum Gasteiger partial charge on any atom is 0.258 e. The number of hydrogen-bond donors (Lipinski definition) is 3. The number of H-pyrrole nitrogens is 1. The van der Waals surface area contributed by atoms with Gasteiger partial charge in [0.05, 0.1) is 16.7 Å². The van der Waals surface area contributed by atoms with E-state index in [2.05, 4.69) is 9.97 Å². The molecule has 0 saturated heterocycles. The number of thioether (sulfide) groups is 1. The van der Waals surface area contributed by atoms with Crippen LogP contribution in [-0.4, -0.2) is 15.1 Å². The second kappa shape index (κ2) is 6.08. The lowest BCUT2D eigenvalue weighted by atomic mass is 10.2. The Bertz CT molecular complexity index is 643. The number of hydrogen-bond acceptors (Lipinski definition) is 4. The topological polar surface area (TPSA) is 95.6 Å². The van der Waals surface area contributed by atoms with Gasteiger partial charge in [0.1, 0.15) is 5.82 Å². The quantitative estimate of drug-likeness (QED) is 0.475. The average Bonchev–Trinajstić information content (AvgIpc) is 2.25. The molecule has 0 unspecified atom stereocenters. The molecule has 2 aromatic rings. The third-order valence-corrected chi connectivity index (χ3v) is 3.05. The molecule has 0 amide bonds. The van der Waals surface area contributed by atoms with Crippen LogP contribution in [0, 0.1) is 5.41 Å². The minimum Gasteiger partial charge on any atom is -1.00 e. The maximum atomic E-state index is 11.7. The summed E-state index contributed by atoms with van der Waals surface area (Å²) in [6.45, 7) is 0. The van der Waals surface area contributed by atoms with Gasteiger partial charge in [-0.25, -0.2) is 4.98 Å². The molecule has 0 saturated carbocycles. The molecule has 18 heavy (non-hydrogen) atoms. The first-order valence-corrected chi connectivity index (χ1v) is 6.08. The number of nitrogens with two attached hydrogens (primary N) is 1. The van der Waals surface area contributed by atoms with Gasteiger partial charge in [0.2, 0.25) is 0 Å². The number of fused-ring (bicyclic) bond motifs is 1. The molecular formula is C10H9Cl2N4OS-. The van der Waals surface area contributed by atoms with Crippen molar-refractivity contribution >= 4 is 39.4 Å². The SMILES string of the molecule is N=C(N)SCc1nc2cc(Cl)ccc2c(=O)[nH]1.[Cl-]. The summed E-state index contributed by atoms with van der Waals surface area (Å²) < 4.78 is 0. The van der Waals surface area contributed by atoms with Crippen LogP contribution in [0.2, 0.25) is 5.02 Å². The molecule has 0 atom stereocenters. The van der Waals surface area contributed by atoms with Crippen LogP contribution in [0.1, 0.15) is 5.82 Å². The van der Waals surface area contributed by atoms with Crippen molar-refractivity contribution in [2.75, 3.05) is 0 Å². The molecule has 4 N–H and O–H groups in total. The van der Waals surface area contributed by atoms with E-state index >= 15 is 0 Å². The first-order valence-electron chi connectivity index (χ1n) is 4.71. The van der Waals surface area contributed by atoms with Crippen LogP contribution in [0.5, 0.6) is 0 Å². The summed E-state index contributed by atoms with van der Waals surface area (Å²) in [4.78, 5) is 18.6. The van der Waals surface area contributed by atoms with E-state index in [4.69, 9.17) is 22.7 Å². The van der Waals surface area contributed by atoms with E-state index in [-0.39, 0.29) is 23.1 Å². The molecule has 0 fully saturated rings. The van der Waals surface area contributed by atoms with E-state index in [9.17, 15) is 4.79 Å². The number of aromatic amines is 1. The first-order chi connectivity index (χ1) is 8.06. The molecular weight excluding hydrogens is 295 g/mol. The van der Waals surface area contributed by atoms with Crippen molar-refractivity contribution < 1.29 is 12.4 Å². The predicted molar refractivity (Wildman–Crippen MR) is 70.6 cm³/mol.